The molecule has 1 aromatic heterocycles. The van der Waals surface area contributed by atoms with Crippen molar-refractivity contribution in [3.8, 4) is 0 Å². The molecule has 0 saturated heterocycles. The largest absolute Gasteiger partial charge is 1.00 e. The standard InChI is InChI=1S/C8H7N2.C2H6.Rb/c1-6-7-4-2-3-5-8(7)10-9-6;1-2;/h2-5H,1H3;1-2H3;/q-1;;+1. The third-order valence-electron chi connectivity index (χ3n) is 1.60. The van der Waals surface area contributed by atoms with Crippen molar-refractivity contribution < 1.29 is 58.2 Å². The number of benzene rings is 1. The van der Waals surface area contributed by atoms with Crippen LogP contribution in [0.2, 0.25) is 0 Å². The summed E-state index contributed by atoms with van der Waals surface area (Å²) in [6.07, 6.45) is 0. The molecule has 2 nitrogen and oxygen atoms in total. The third kappa shape index (κ3) is 3.28. The van der Waals surface area contributed by atoms with Gasteiger partial charge in [-0.3, -0.25) is 0 Å². The van der Waals surface area contributed by atoms with E-state index in [0.29, 0.717) is 0 Å². The number of hydrogen-bond donors (Lipinski definition) is 0. The first-order valence-electron chi connectivity index (χ1n) is 4.22. The van der Waals surface area contributed by atoms with E-state index < -0.39 is 0 Å². The van der Waals surface area contributed by atoms with Crippen LogP contribution < -0.4 is 63.3 Å². The third-order valence-corrected chi connectivity index (χ3v) is 1.60. The van der Waals surface area contributed by atoms with E-state index in [9.17, 15) is 0 Å². The van der Waals surface area contributed by atoms with Gasteiger partial charge in [-0.05, 0) is 12.3 Å². The smallest absolute Gasteiger partial charge is 0.575 e. The predicted octanol–water partition coefficient (Wildman–Crippen LogP) is -0.469. The molecule has 0 unspecified atom stereocenters. The fourth-order valence-corrected chi connectivity index (χ4v) is 1.05. The Morgan fingerprint density at radius 3 is 2.38 bits per heavy atom. The van der Waals surface area contributed by atoms with Crippen molar-refractivity contribution in [3.63, 3.8) is 0 Å². The van der Waals surface area contributed by atoms with Gasteiger partial charge in [-0.1, -0.05) is 38.1 Å². The molecule has 0 aliphatic heterocycles. The van der Waals surface area contributed by atoms with Crippen molar-refractivity contribution in [1.29, 1.82) is 0 Å². The molecule has 0 amide bonds. The van der Waals surface area contributed by atoms with E-state index in [1.165, 1.54) is 0 Å². The fourth-order valence-electron chi connectivity index (χ4n) is 1.05. The number of aromatic nitrogens is 2. The summed E-state index contributed by atoms with van der Waals surface area (Å²) in [4.78, 5) is 0. The van der Waals surface area contributed by atoms with Gasteiger partial charge in [0.2, 0.25) is 0 Å². The first kappa shape index (κ1) is 13.5. The van der Waals surface area contributed by atoms with Gasteiger partial charge in [0, 0.05) is 5.69 Å². The molecule has 0 saturated carbocycles. The molecular weight excluding hydrogens is 234 g/mol. The molecule has 1 aromatic carbocycles. The Labute approximate surface area is 128 Å². The molecule has 3 heteroatoms. The van der Waals surface area contributed by atoms with Crippen LogP contribution in [0.15, 0.2) is 24.3 Å². The van der Waals surface area contributed by atoms with Crippen LogP contribution in [0.3, 0.4) is 0 Å². The van der Waals surface area contributed by atoms with Crippen LogP contribution in [0.1, 0.15) is 19.5 Å². The summed E-state index contributed by atoms with van der Waals surface area (Å²) in [6.45, 7) is 5.97. The molecule has 0 fully saturated rings. The molecule has 0 aliphatic carbocycles. The fraction of sp³-hybridized carbons (Fsp3) is 0.300. The quantitative estimate of drug-likeness (QED) is 0.629. The molecule has 0 bridgehead atoms. The molecule has 1 heterocycles. The topological polar surface area (TPSA) is 27.0 Å². The van der Waals surface area contributed by atoms with Gasteiger partial charge in [0.05, 0.1) is 0 Å². The van der Waals surface area contributed by atoms with Gasteiger partial charge in [-0.2, -0.15) is 0 Å². The zero-order chi connectivity index (χ0) is 8.97. The second-order valence-corrected chi connectivity index (χ2v) is 2.30. The number of rotatable bonds is 0. The summed E-state index contributed by atoms with van der Waals surface area (Å²) in [7, 11) is 0. The molecular formula is C10H13N2Rb. The number of hydrogen-bond acceptors (Lipinski definition) is 1. The summed E-state index contributed by atoms with van der Waals surface area (Å²) in [5.41, 5.74) is 2.00. The Bertz CT molecular complexity index is 354. The molecule has 0 aliphatic rings. The molecule has 0 spiro atoms. The maximum Gasteiger partial charge on any atom is 1.00 e. The van der Waals surface area contributed by atoms with Gasteiger partial charge in [0.25, 0.3) is 0 Å². The second-order valence-electron chi connectivity index (χ2n) is 2.30. The first-order chi connectivity index (χ1) is 5.88. The van der Waals surface area contributed by atoms with E-state index in [4.69, 9.17) is 0 Å². The van der Waals surface area contributed by atoms with Crippen LogP contribution in [0.25, 0.3) is 10.9 Å². The minimum absolute atomic E-state index is 0. The SMILES string of the molecule is CC.Cc1n[n-]c2ccccc12.[Rb+]. The number of nitrogens with zero attached hydrogens (tertiary/aromatic N) is 2. The van der Waals surface area contributed by atoms with Crippen molar-refractivity contribution in [1.82, 2.24) is 10.2 Å². The zero-order valence-corrected chi connectivity index (χ0v) is 13.6. The normalized spacial score (nSPS) is 8.54. The Morgan fingerprint density at radius 2 is 1.77 bits per heavy atom. The zero-order valence-electron chi connectivity index (χ0n) is 8.70. The van der Waals surface area contributed by atoms with Crippen molar-refractivity contribution in [2.75, 3.05) is 0 Å². The summed E-state index contributed by atoms with van der Waals surface area (Å²) < 4.78 is 0. The Hall–Kier alpha value is 0.495. The molecule has 0 radical (unpaired) electrons. The van der Waals surface area contributed by atoms with Crippen LogP contribution in [-0.4, -0.2) is 5.10 Å². The van der Waals surface area contributed by atoms with Crippen molar-refractivity contribution in [3.05, 3.63) is 30.0 Å². The van der Waals surface area contributed by atoms with Gasteiger partial charge in [0.15, 0.2) is 0 Å². The van der Waals surface area contributed by atoms with E-state index in [-0.39, 0.29) is 58.2 Å². The molecule has 64 valence electrons. The molecule has 13 heavy (non-hydrogen) atoms. The monoisotopic (exact) mass is 246 g/mol. The second kappa shape index (κ2) is 6.88. The van der Waals surface area contributed by atoms with Crippen molar-refractivity contribution in [2.45, 2.75) is 20.8 Å². The van der Waals surface area contributed by atoms with Gasteiger partial charge in [-0.25, -0.2) is 0 Å². The molecule has 2 aromatic rings. The van der Waals surface area contributed by atoms with Gasteiger partial charge in [0.1, 0.15) is 0 Å². The number of fused-ring (bicyclic) bond motifs is 1. The van der Waals surface area contributed by atoms with Crippen LogP contribution in [0, 0.1) is 6.92 Å². The van der Waals surface area contributed by atoms with E-state index in [1.807, 2.05) is 45.0 Å². The van der Waals surface area contributed by atoms with E-state index in [0.717, 1.165) is 16.6 Å². The first-order valence-corrected chi connectivity index (χ1v) is 4.22. The minimum atomic E-state index is 0. The predicted molar refractivity (Wildman–Crippen MR) is 51.1 cm³/mol. The van der Waals surface area contributed by atoms with Crippen molar-refractivity contribution >= 4 is 10.9 Å². The van der Waals surface area contributed by atoms with Gasteiger partial charge >= 0.3 is 58.2 Å². The Kier molecular flexibility index (Phi) is 7.14. The minimum Gasteiger partial charge on any atom is -0.575 e. The van der Waals surface area contributed by atoms with Crippen LogP contribution in [0.5, 0.6) is 0 Å². The summed E-state index contributed by atoms with van der Waals surface area (Å²) in [5.74, 6) is 0. The van der Waals surface area contributed by atoms with Crippen LogP contribution in [-0.2, 0) is 0 Å². The van der Waals surface area contributed by atoms with E-state index in [2.05, 4.69) is 10.2 Å². The van der Waals surface area contributed by atoms with E-state index in [1.54, 1.807) is 0 Å². The maximum atomic E-state index is 3.97. The van der Waals surface area contributed by atoms with Crippen LogP contribution >= 0.6 is 0 Å². The summed E-state index contributed by atoms with van der Waals surface area (Å²) in [6, 6.07) is 7.97. The maximum absolute atomic E-state index is 3.97. The van der Waals surface area contributed by atoms with Crippen LogP contribution in [0.4, 0.5) is 0 Å². The molecule has 2 rings (SSSR count). The number of aryl methyl sites for hydroxylation is 1. The van der Waals surface area contributed by atoms with Gasteiger partial charge in [-0.15, -0.1) is 5.52 Å². The summed E-state index contributed by atoms with van der Waals surface area (Å²) in [5, 5.41) is 9.07. The Balaban J connectivity index is 0.000000451. The molecule has 0 N–H and O–H groups in total. The van der Waals surface area contributed by atoms with Gasteiger partial charge < -0.3 is 10.2 Å². The Morgan fingerprint density at radius 1 is 1.15 bits per heavy atom. The van der Waals surface area contributed by atoms with E-state index >= 15 is 0 Å². The van der Waals surface area contributed by atoms with Crippen molar-refractivity contribution in [2.24, 2.45) is 0 Å². The summed E-state index contributed by atoms with van der Waals surface area (Å²) >= 11 is 0. The average molecular weight is 247 g/mol. The average Bonchev–Trinajstić information content (AvgIpc) is 2.53. The molecule has 0 atom stereocenters.